The van der Waals surface area contributed by atoms with E-state index in [0.29, 0.717) is 6.54 Å². The van der Waals surface area contributed by atoms with E-state index in [9.17, 15) is 4.79 Å². The fourth-order valence-corrected chi connectivity index (χ4v) is 1.02. The summed E-state index contributed by atoms with van der Waals surface area (Å²) in [4.78, 5) is 15.1. The molecule has 0 aromatic carbocycles. The number of amides is 1. The van der Waals surface area contributed by atoms with Crippen molar-refractivity contribution in [2.45, 2.75) is 6.54 Å². The molecule has 2 rings (SSSR count). The van der Waals surface area contributed by atoms with E-state index in [1.54, 1.807) is 24.7 Å². The van der Waals surface area contributed by atoms with Crippen LogP contribution in [0.5, 0.6) is 0 Å². The molecule has 0 aliphatic rings. The minimum absolute atomic E-state index is 0.211. The smallest absolute Gasteiger partial charge is 0.327 e. The maximum Gasteiger partial charge on any atom is 0.327 e. The van der Waals surface area contributed by atoms with Gasteiger partial charge in [0.05, 0.1) is 12.2 Å². The number of hydrogen-bond donors (Lipinski definition) is 2. The minimum Gasteiger partial charge on any atom is -0.332 e. The van der Waals surface area contributed by atoms with Crippen molar-refractivity contribution in [2.75, 3.05) is 0 Å². The predicted molar refractivity (Wildman–Crippen MR) is 48.4 cm³/mol. The molecule has 0 atom stereocenters. The van der Waals surface area contributed by atoms with Gasteiger partial charge in [0.1, 0.15) is 6.33 Å². The summed E-state index contributed by atoms with van der Waals surface area (Å²) in [7, 11) is 0. The lowest BCUT2D eigenvalue weighted by Gasteiger charge is -2.02. The molecule has 6 nitrogen and oxygen atoms in total. The number of aromatic nitrogens is 4. The van der Waals surface area contributed by atoms with E-state index in [-0.39, 0.29) is 6.03 Å². The van der Waals surface area contributed by atoms with Gasteiger partial charge >= 0.3 is 6.03 Å². The van der Waals surface area contributed by atoms with E-state index in [2.05, 4.69) is 20.5 Å². The molecule has 0 saturated heterocycles. The summed E-state index contributed by atoms with van der Waals surface area (Å²) in [6.07, 6.45) is 6.22. The number of rotatable bonds is 2. The molecule has 2 heterocycles. The standard InChI is InChI=1S/C8H9N5O/c14-8(13-4-3-9-6-13)10-5-7-1-2-11-12-7/h1-4,6H,5H2,(H,10,14)(H,11,12). The van der Waals surface area contributed by atoms with Gasteiger partial charge in [-0.1, -0.05) is 0 Å². The summed E-state index contributed by atoms with van der Waals surface area (Å²) in [6, 6.07) is 1.59. The van der Waals surface area contributed by atoms with Gasteiger partial charge in [0.2, 0.25) is 0 Å². The zero-order valence-corrected chi connectivity index (χ0v) is 7.34. The van der Waals surface area contributed by atoms with Crippen molar-refractivity contribution in [3.63, 3.8) is 0 Å². The number of hydrogen-bond acceptors (Lipinski definition) is 3. The number of aromatic amines is 1. The summed E-state index contributed by atoms with van der Waals surface area (Å²) < 4.78 is 1.37. The SMILES string of the molecule is O=C(NCc1ccn[nH]1)n1ccnc1. The first-order valence-electron chi connectivity index (χ1n) is 4.10. The number of imidazole rings is 1. The second kappa shape index (κ2) is 3.73. The van der Waals surface area contributed by atoms with Gasteiger partial charge in [0, 0.05) is 18.6 Å². The van der Waals surface area contributed by atoms with Gasteiger partial charge in [-0.3, -0.25) is 9.67 Å². The maximum absolute atomic E-state index is 11.4. The minimum atomic E-state index is -0.211. The lowest BCUT2D eigenvalue weighted by molar-refractivity contribution is 0.242. The molecule has 0 bridgehead atoms. The predicted octanol–water partition coefficient (Wildman–Crippen LogP) is 0.364. The van der Waals surface area contributed by atoms with E-state index >= 15 is 0 Å². The Morgan fingerprint density at radius 2 is 2.50 bits per heavy atom. The summed E-state index contributed by atoms with van der Waals surface area (Å²) in [5, 5.41) is 9.22. The largest absolute Gasteiger partial charge is 0.332 e. The molecule has 14 heavy (non-hydrogen) atoms. The third kappa shape index (κ3) is 1.79. The van der Waals surface area contributed by atoms with Crippen LogP contribution in [0.1, 0.15) is 5.69 Å². The highest BCUT2D eigenvalue weighted by atomic mass is 16.2. The molecule has 72 valence electrons. The highest BCUT2D eigenvalue weighted by Gasteiger charge is 2.02. The van der Waals surface area contributed by atoms with Crippen molar-refractivity contribution in [2.24, 2.45) is 0 Å². The van der Waals surface area contributed by atoms with Crippen LogP contribution in [-0.2, 0) is 6.54 Å². The molecule has 0 fully saturated rings. The Morgan fingerprint density at radius 3 is 3.14 bits per heavy atom. The van der Waals surface area contributed by atoms with Crippen molar-refractivity contribution in [3.05, 3.63) is 36.7 Å². The molecule has 0 unspecified atom stereocenters. The van der Waals surface area contributed by atoms with Crippen LogP contribution in [-0.4, -0.2) is 25.8 Å². The zero-order valence-electron chi connectivity index (χ0n) is 7.34. The first kappa shape index (κ1) is 8.49. The number of nitrogens with one attached hydrogen (secondary N) is 2. The van der Waals surface area contributed by atoms with Crippen LogP contribution < -0.4 is 5.32 Å². The number of carbonyl (C=O) groups is 1. The highest BCUT2D eigenvalue weighted by Crippen LogP contribution is 1.91. The first-order valence-corrected chi connectivity index (χ1v) is 4.10. The third-order valence-electron chi connectivity index (χ3n) is 1.73. The van der Waals surface area contributed by atoms with Gasteiger partial charge in [-0.2, -0.15) is 5.10 Å². The Kier molecular flexibility index (Phi) is 2.26. The average molecular weight is 191 g/mol. The molecule has 0 spiro atoms. The van der Waals surface area contributed by atoms with Gasteiger partial charge in [-0.15, -0.1) is 0 Å². The molecule has 0 aliphatic carbocycles. The normalized spacial score (nSPS) is 10.0. The first-order chi connectivity index (χ1) is 6.86. The lowest BCUT2D eigenvalue weighted by Crippen LogP contribution is -2.27. The highest BCUT2D eigenvalue weighted by molar-refractivity contribution is 5.76. The Hall–Kier alpha value is -2.11. The Bertz CT molecular complexity index is 391. The van der Waals surface area contributed by atoms with Gasteiger partial charge in [-0.25, -0.2) is 9.78 Å². The van der Waals surface area contributed by atoms with Crippen LogP contribution in [0.4, 0.5) is 4.79 Å². The van der Waals surface area contributed by atoms with Gasteiger partial charge in [0.25, 0.3) is 0 Å². The average Bonchev–Trinajstić information content (AvgIpc) is 2.87. The van der Waals surface area contributed by atoms with E-state index in [1.807, 2.05) is 0 Å². The van der Waals surface area contributed by atoms with Crippen LogP contribution in [0.25, 0.3) is 0 Å². The van der Waals surface area contributed by atoms with Crippen molar-refractivity contribution in [1.82, 2.24) is 25.1 Å². The van der Waals surface area contributed by atoms with Crippen LogP contribution in [0, 0.1) is 0 Å². The van der Waals surface area contributed by atoms with E-state index in [1.165, 1.54) is 10.9 Å². The third-order valence-corrected chi connectivity index (χ3v) is 1.73. The molecular weight excluding hydrogens is 182 g/mol. The van der Waals surface area contributed by atoms with E-state index < -0.39 is 0 Å². The van der Waals surface area contributed by atoms with Crippen molar-refractivity contribution < 1.29 is 4.79 Å². The second-order valence-corrected chi connectivity index (χ2v) is 2.71. The summed E-state index contributed by atoms with van der Waals surface area (Å²) >= 11 is 0. The van der Waals surface area contributed by atoms with Gasteiger partial charge in [-0.05, 0) is 6.07 Å². The van der Waals surface area contributed by atoms with Gasteiger partial charge < -0.3 is 5.32 Å². The molecule has 0 saturated carbocycles. The van der Waals surface area contributed by atoms with Crippen molar-refractivity contribution >= 4 is 6.03 Å². The van der Waals surface area contributed by atoms with Crippen molar-refractivity contribution in [1.29, 1.82) is 0 Å². The Labute approximate surface area is 80.0 Å². The van der Waals surface area contributed by atoms with Crippen LogP contribution >= 0.6 is 0 Å². The summed E-state index contributed by atoms with van der Waals surface area (Å²) in [6.45, 7) is 0.428. The molecular formula is C8H9N5O. The number of carbonyl (C=O) groups excluding carboxylic acids is 1. The molecule has 2 aromatic rings. The lowest BCUT2D eigenvalue weighted by atomic mass is 10.4. The number of H-pyrrole nitrogens is 1. The Balaban J connectivity index is 1.90. The fourth-order valence-electron chi connectivity index (χ4n) is 1.02. The van der Waals surface area contributed by atoms with Crippen molar-refractivity contribution in [3.8, 4) is 0 Å². The summed E-state index contributed by atoms with van der Waals surface area (Å²) in [5.74, 6) is 0. The topological polar surface area (TPSA) is 75.6 Å². The van der Waals surface area contributed by atoms with Crippen LogP contribution in [0.15, 0.2) is 31.0 Å². The molecule has 0 aliphatic heterocycles. The van der Waals surface area contributed by atoms with Gasteiger partial charge in [0.15, 0.2) is 0 Å². The fraction of sp³-hybridized carbons (Fsp3) is 0.125. The summed E-state index contributed by atoms with van der Waals surface area (Å²) in [5.41, 5.74) is 0.860. The quantitative estimate of drug-likeness (QED) is 0.719. The Morgan fingerprint density at radius 1 is 1.57 bits per heavy atom. The zero-order chi connectivity index (χ0) is 9.80. The molecule has 1 amide bonds. The maximum atomic E-state index is 11.4. The molecule has 2 N–H and O–H groups in total. The van der Waals surface area contributed by atoms with E-state index in [0.717, 1.165) is 5.69 Å². The van der Waals surface area contributed by atoms with E-state index in [4.69, 9.17) is 0 Å². The van der Waals surface area contributed by atoms with Crippen LogP contribution in [0.3, 0.4) is 0 Å². The monoisotopic (exact) mass is 191 g/mol. The van der Waals surface area contributed by atoms with Crippen LogP contribution in [0.2, 0.25) is 0 Å². The molecule has 0 radical (unpaired) electrons. The second-order valence-electron chi connectivity index (χ2n) is 2.71. The number of nitrogens with zero attached hydrogens (tertiary/aromatic N) is 3. The molecule has 2 aromatic heterocycles. The molecule has 6 heteroatoms.